The molecular formula is C9H18N4O2S. The molecule has 16 heavy (non-hydrogen) atoms. The normalized spacial score (nSPS) is 14.0. The highest BCUT2D eigenvalue weighted by Crippen LogP contribution is 2.05. The second-order valence-electron chi connectivity index (χ2n) is 3.83. The third-order valence-electron chi connectivity index (χ3n) is 2.44. The molecule has 1 rings (SSSR count). The Morgan fingerprint density at radius 1 is 1.62 bits per heavy atom. The van der Waals surface area contributed by atoms with Crippen molar-refractivity contribution >= 4 is 10.0 Å². The second kappa shape index (κ2) is 4.94. The molecule has 0 aliphatic carbocycles. The first kappa shape index (κ1) is 13.1. The number of hydrogen-bond donors (Lipinski definition) is 2. The Bertz CT molecular complexity index is 452. The van der Waals surface area contributed by atoms with Gasteiger partial charge in [0.05, 0.1) is 10.9 Å². The predicted octanol–water partition coefficient (Wildman–Crippen LogP) is -0.505. The summed E-state index contributed by atoms with van der Waals surface area (Å²) in [7, 11) is -1.53. The van der Waals surface area contributed by atoms with Gasteiger partial charge in [-0.05, 0) is 13.8 Å². The standard InChI is InChI=1S/C9H18N4O2S/c1-7(4-10)16(14,15)11-5-9-6-13(3)12-8(9)2/h6-7,11H,4-5,10H2,1-3H3. The first-order valence-corrected chi connectivity index (χ1v) is 6.59. The fourth-order valence-corrected chi connectivity index (χ4v) is 2.16. The van der Waals surface area contributed by atoms with Crippen molar-refractivity contribution in [3.8, 4) is 0 Å². The highest BCUT2D eigenvalue weighted by atomic mass is 32.2. The van der Waals surface area contributed by atoms with Crippen LogP contribution in [0.25, 0.3) is 0 Å². The minimum atomic E-state index is -3.33. The Morgan fingerprint density at radius 2 is 2.25 bits per heavy atom. The number of nitrogens with one attached hydrogen (secondary N) is 1. The van der Waals surface area contributed by atoms with Crippen LogP contribution in [0.1, 0.15) is 18.2 Å². The molecule has 0 aliphatic rings. The van der Waals surface area contributed by atoms with Gasteiger partial charge in [0, 0.05) is 31.9 Å². The first-order valence-electron chi connectivity index (χ1n) is 5.04. The average molecular weight is 246 g/mol. The lowest BCUT2D eigenvalue weighted by Gasteiger charge is -2.11. The van der Waals surface area contributed by atoms with Gasteiger partial charge in [-0.1, -0.05) is 0 Å². The number of rotatable bonds is 5. The van der Waals surface area contributed by atoms with Gasteiger partial charge in [0.15, 0.2) is 0 Å². The Balaban J connectivity index is 2.68. The summed E-state index contributed by atoms with van der Waals surface area (Å²) in [4.78, 5) is 0. The number of nitrogens with zero attached hydrogens (tertiary/aromatic N) is 2. The molecule has 0 bridgehead atoms. The zero-order chi connectivity index (χ0) is 12.3. The van der Waals surface area contributed by atoms with Crippen molar-refractivity contribution < 1.29 is 8.42 Å². The molecule has 0 aromatic carbocycles. The number of hydrogen-bond acceptors (Lipinski definition) is 4. The van der Waals surface area contributed by atoms with Crippen molar-refractivity contribution in [2.75, 3.05) is 6.54 Å². The quantitative estimate of drug-likeness (QED) is 0.732. The van der Waals surface area contributed by atoms with Crippen LogP contribution < -0.4 is 10.5 Å². The van der Waals surface area contributed by atoms with E-state index in [9.17, 15) is 8.42 Å². The van der Waals surface area contributed by atoms with E-state index in [1.165, 1.54) is 0 Å². The van der Waals surface area contributed by atoms with E-state index in [1.54, 1.807) is 24.9 Å². The molecule has 0 saturated carbocycles. The van der Waals surface area contributed by atoms with Gasteiger partial charge in [-0.15, -0.1) is 0 Å². The first-order chi connectivity index (χ1) is 7.36. The summed E-state index contributed by atoms with van der Waals surface area (Å²) >= 11 is 0. The maximum atomic E-state index is 11.6. The van der Waals surface area contributed by atoms with E-state index in [-0.39, 0.29) is 13.1 Å². The predicted molar refractivity (Wildman–Crippen MR) is 62.2 cm³/mol. The van der Waals surface area contributed by atoms with E-state index in [4.69, 9.17) is 5.73 Å². The Kier molecular flexibility index (Phi) is 4.06. The van der Waals surface area contributed by atoms with Crippen molar-refractivity contribution in [3.05, 3.63) is 17.5 Å². The molecule has 1 unspecified atom stereocenters. The molecule has 0 fully saturated rings. The monoisotopic (exact) mass is 246 g/mol. The Hall–Kier alpha value is -0.920. The van der Waals surface area contributed by atoms with Crippen LogP contribution in [0.4, 0.5) is 0 Å². The Morgan fingerprint density at radius 3 is 2.69 bits per heavy atom. The summed E-state index contributed by atoms with van der Waals surface area (Å²) in [6.07, 6.45) is 1.80. The zero-order valence-corrected chi connectivity index (χ0v) is 10.6. The highest BCUT2D eigenvalue weighted by Gasteiger charge is 2.19. The van der Waals surface area contributed by atoms with Crippen molar-refractivity contribution in [2.24, 2.45) is 12.8 Å². The van der Waals surface area contributed by atoms with E-state index < -0.39 is 15.3 Å². The SMILES string of the molecule is Cc1nn(C)cc1CNS(=O)(=O)C(C)CN. The van der Waals surface area contributed by atoms with Crippen molar-refractivity contribution in [1.82, 2.24) is 14.5 Å². The third-order valence-corrected chi connectivity index (χ3v) is 4.24. The van der Waals surface area contributed by atoms with Crippen LogP contribution in [0.2, 0.25) is 0 Å². The van der Waals surface area contributed by atoms with E-state index >= 15 is 0 Å². The molecular weight excluding hydrogens is 228 g/mol. The molecule has 6 nitrogen and oxygen atoms in total. The van der Waals surface area contributed by atoms with Crippen LogP contribution in [0.15, 0.2) is 6.20 Å². The van der Waals surface area contributed by atoms with E-state index in [0.717, 1.165) is 11.3 Å². The van der Waals surface area contributed by atoms with Crippen LogP contribution >= 0.6 is 0 Å². The number of sulfonamides is 1. The summed E-state index contributed by atoms with van der Waals surface area (Å²) in [5.41, 5.74) is 7.02. The fourth-order valence-electron chi connectivity index (χ4n) is 1.27. The lowest BCUT2D eigenvalue weighted by molar-refractivity contribution is 0.568. The minimum Gasteiger partial charge on any atom is -0.329 e. The zero-order valence-electron chi connectivity index (χ0n) is 9.77. The molecule has 3 N–H and O–H groups in total. The third kappa shape index (κ3) is 3.03. The molecule has 1 aromatic rings. The maximum absolute atomic E-state index is 11.6. The molecule has 0 saturated heterocycles. The topological polar surface area (TPSA) is 90.0 Å². The molecule has 0 amide bonds. The average Bonchev–Trinajstić information content (AvgIpc) is 2.53. The lowest BCUT2D eigenvalue weighted by Crippen LogP contribution is -2.36. The van der Waals surface area contributed by atoms with E-state index in [1.807, 2.05) is 6.92 Å². The van der Waals surface area contributed by atoms with Gasteiger partial charge < -0.3 is 5.73 Å². The van der Waals surface area contributed by atoms with Crippen LogP contribution in [0.3, 0.4) is 0 Å². The minimum absolute atomic E-state index is 0.112. The largest absolute Gasteiger partial charge is 0.329 e. The summed E-state index contributed by atoms with van der Waals surface area (Å²) < 4.78 is 27.4. The number of aromatic nitrogens is 2. The van der Waals surface area contributed by atoms with E-state index in [0.29, 0.717) is 0 Å². The van der Waals surface area contributed by atoms with Crippen molar-refractivity contribution in [3.63, 3.8) is 0 Å². The molecule has 0 aliphatic heterocycles. The van der Waals surface area contributed by atoms with Gasteiger partial charge in [0.25, 0.3) is 0 Å². The molecule has 1 aromatic heterocycles. The van der Waals surface area contributed by atoms with Gasteiger partial charge in [-0.25, -0.2) is 13.1 Å². The summed E-state index contributed by atoms with van der Waals surface area (Å²) in [6, 6.07) is 0. The van der Waals surface area contributed by atoms with Crippen LogP contribution in [0.5, 0.6) is 0 Å². The molecule has 1 atom stereocenters. The van der Waals surface area contributed by atoms with E-state index in [2.05, 4.69) is 9.82 Å². The van der Waals surface area contributed by atoms with Gasteiger partial charge in [0.1, 0.15) is 0 Å². The van der Waals surface area contributed by atoms with Crippen molar-refractivity contribution in [2.45, 2.75) is 25.6 Å². The summed E-state index contributed by atoms with van der Waals surface area (Å²) in [5.74, 6) is 0. The van der Waals surface area contributed by atoms with Crippen molar-refractivity contribution in [1.29, 1.82) is 0 Å². The molecule has 1 heterocycles. The van der Waals surface area contributed by atoms with Gasteiger partial charge in [-0.2, -0.15) is 5.10 Å². The summed E-state index contributed by atoms with van der Waals surface area (Å²) in [6.45, 7) is 3.79. The van der Waals surface area contributed by atoms with Crippen LogP contribution in [-0.4, -0.2) is 30.0 Å². The van der Waals surface area contributed by atoms with Crippen LogP contribution in [0, 0.1) is 6.92 Å². The maximum Gasteiger partial charge on any atom is 0.215 e. The molecule has 0 spiro atoms. The summed E-state index contributed by atoms with van der Waals surface area (Å²) in [5, 5.41) is 3.55. The molecule has 92 valence electrons. The van der Waals surface area contributed by atoms with Gasteiger partial charge in [-0.3, -0.25) is 4.68 Å². The number of nitrogens with two attached hydrogens (primary N) is 1. The van der Waals surface area contributed by atoms with Gasteiger partial charge >= 0.3 is 0 Å². The molecule has 0 radical (unpaired) electrons. The highest BCUT2D eigenvalue weighted by molar-refractivity contribution is 7.90. The molecule has 7 heteroatoms. The lowest BCUT2D eigenvalue weighted by atomic mass is 10.3. The number of aryl methyl sites for hydroxylation is 2. The smallest absolute Gasteiger partial charge is 0.215 e. The van der Waals surface area contributed by atoms with Crippen LogP contribution in [-0.2, 0) is 23.6 Å². The van der Waals surface area contributed by atoms with Gasteiger partial charge in [0.2, 0.25) is 10.0 Å². The fraction of sp³-hybridized carbons (Fsp3) is 0.667. The second-order valence-corrected chi connectivity index (χ2v) is 6.01. The Labute approximate surface area is 95.9 Å².